The van der Waals surface area contributed by atoms with Gasteiger partial charge in [0.2, 0.25) is 0 Å². The molecule has 1 N–H and O–H groups in total. The number of rotatable bonds is 6. The van der Waals surface area contributed by atoms with Crippen molar-refractivity contribution in [3.05, 3.63) is 81.6 Å². The van der Waals surface area contributed by atoms with Crippen LogP contribution in [0.15, 0.2) is 58.2 Å². The molecule has 0 aliphatic rings. The normalized spacial score (nSPS) is 11.1. The standard InChI is InChI=1S/C18H18N4O3/c1-13-10-15(14(2)21(13)12-16-6-5-9-25-16)11-19-20-17-7-3-4-8-18(17)22(23)24/h3-11,20H,12H2,1-2H3/b19-11-. The number of aryl methyl sites for hydroxylation is 1. The second kappa shape index (κ2) is 7.04. The quantitative estimate of drug-likeness (QED) is 0.416. The van der Waals surface area contributed by atoms with Gasteiger partial charge in [-0.2, -0.15) is 5.10 Å². The second-order valence-electron chi connectivity index (χ2n) is 5.64. The molecule has 0 saturated carbocycles. The third-order valence-electron chi connectivity index (χ3n) is 4.00. The van der Waals surface area contributed by atoms with Gasteiger partial charge in [-0.05, 0) is 38.1 Å². The highest BCUT2D eigenvalue weighted by Gasteiger charge is 2.12. The molecule has 25 heavy (non-hydrogen) atoms. The number of hydrogen-bond acceptors (Lipinski definition) is 5. The van der Waals surface area contributed by atoms with Gasteiger partial charge in [0.05, 0.1) is 23.9 Å². The predicted molar refractivity (Wildman–Crippen MR) is 96.0 cm³/mol. The number of hydrazone groups is 1. The van der Waals surface area contributed by atoms with Crippen LogP contribution in [0, 0.1) is 24.0 Å². The maximum Gasteiger partial charge on any atom is 0.294 e. The number of para-hydroxylation sites is 2. The molecule has 0 aliphatic carbocycles. The topological polar surface area (TPSA) is 85.6 Å². The van der Waals surface area contributed by atoms with Gasteiger partial charge >= 0.3 is 0 Å². The fraction of sp³-hybridized carbons (Fsp3) is 0.167. The van der Waals surface area contributed by atoms with Gasteiger partial charge < -0.3 is 8.98 Å². The zero-order chi connectivity index (χ0) is 17.8. The summed E-state index contributed by atoms with van der Waals surface area (Å²) in [6.07, 6.45) is 3.32. The van der Waals surface area contributed by atoms with Gasteiger partial charge in [-0.15, -0.1) is 0 Å². The van der Waals surface area contributed by atoms with Crippen molar-refractivity contribution in [3.8, 4) is 0 Å². The lowest BCUT2D eigenvalue weighted by Gasteiger charge is -2.07. The average molecular weight is 338 g/mol. The molecule has 0 bridgehead atoms. The van der Waals surface area contributed by atoms with E-state index in [1.54, 1.807) is 30.7 Å². The van der Waals surface area contributed by atoms with Crippen LogP contribution >= 0.6 is 0 Å². The van der Waals surface area contributed by atoms with Crippen molar-refractivity contribution >= 4 is 17.6 Å². The van der Waals surface area contributed by atoms with Crippen molar-refractivity contribution in [2.75, 3.05) is 5.43 Å². The van der Waals surface area contributed by atoms with Gasteiger partial charge in [0.15, 0.2) is 0 Å². The summed E-state index contributed by atoms with van der Waals surface area (Å²) in [6.45, 7) is 4.67. The molecule has 0 saturated heterocycles. The van der Waals surface area contributed by atoms with Crippen LogP contribution in [0.4, 0.5) is 11.4 Å². The summed E-state index contributed by atoms with van der Waals surface area (Å²) in [4.78, 5) is 10.6. The van der Waals surface area contributed by atoms with E-state index >= 15 is 0 Å². The predicted octanol–water partition coefficient (Wildman–Crippen LogP) is 4.10. The minimum Gasteiger partial charge on any atom is -0.467 e. The fourth-order valence-electron chi connectivity index (χ4n) is 2.66. The number of nitrogens with zero attached hydrogens (tertiary/aromatic N) is 3. The summed E-state index contributed by atoms with van der Waals surface area (Å²) < 4.78 is 7.53. The van der Waals surface area contributed by atoms with E-state index in [2.05, 4.69) is 15.1 Å². The highest BCUT2D eigenvalue weighted by Crippen LogP contribution is 2.23. The molecule has 7 nitrogen and oxygen atoms in total. The van der Waals surface area contributed by atoms with Crippen molar-refractivity contribution in [2.45, 2.75) is 20.4 Å². The Labute approximate surface area is 144 Å². The molecule has 0 unspecified atom stereocenters. The summed E-state index contributed by atoms with van der Waals surface area (Å²) in [5, 5.41) is 15.2. The Morgan fingerprint density at radius 2 is 2.08 bits per heavy atom. The number of nitro benzene ring substituents is 1. The number of nitrogens with one attached hydrogen (secondary N) is 1. The Morgan fingerprint density at radius 3 is 2.80 bits per heavy atom. The molecule has 1 aromatic carbocycles. The average Bonchev–Trinajstić information content (AvgIpc) is 3.19. The Hall–Kier alpha value is -3.35. The van der Waals surface area contributed by atoms with Crippen molar-refractivity contribution in [2.24, 2.45) is 5.10 Å². The number of anilines is 1. The molecule has 0 spiro atoms. The van der Waals surface area contributed by atoms with Gasteiger partial charge in [-0.3, -0.25) is 15.5 Å². The van der Waals surface area contributed by atoms with E-state index in [0.29, 0.717) is 12.2 Å². The molecule has 7 heteroatoms. The molecule has 3 rings (SSSR count). The number of furan rings is 1. The molecule has 0 atom stereocenters. The lowest BCUT2D eigenvalue weighted by Crippen LogP contribution is -2.03. The molecular weight excluding hydrogens is 320 g/mol. The summed E-state index contributed by atoms with van der Waals surface area (Å²) in [5.41, 5.74) is 6.16. The van der Waals surface area contributed by atoms with Gasteiger partial charge in [0.1, 0.15) is 11.4 Å². The maximum atomic E-state index is 11.0. The first-order valence-corrected chi connectivity index (χ1v) is 7.78. The van der Waals surface area contributed by atoms with Crippen LogP contribution in [0.1, 0.15) is 22.7 Å². The van der Waals surface area contributed by atoms with Gasteiger partial charge in [0.25, 0.3) is 5.69 Å². The Bertz CT molecular complexity index is 911. The number of benzene rings is 1. The highest BCUT2D eigenvalue weighted by atomic mass is 16.6. The number of nitro groups is 1. The lowest BCUT2D eigenvalue weighted by atomic mass is 10.2. The van der Waals surface area contributed by atoms with E-state index in [9.17, 15) is 10.1 Å². The fourth-order valence-corrected chi connectivity index (χ4v) is 2.66. The third-order valence-corrected chi connectivity index (χ3v) is 4.00. The second-order valence-corrected chi connectivity index (χ2v) is 5.64. The van der Waals surface area contributed by atoms with E-state index < -0.39 is 4.92 Å². The monoisotopic (exact) mass is 338 g/mol. The molecule has 0 radical (unpaired) electrons. The van der Waals surface area contributed by atoms with Crippen molar-refractivity contribution in [1.82, 2.24) is 4.57 Å². The number of hydrogen-bond donors (Lipinski definition) is 1. The number of aromatic nitrogens is 1. The van der Waals surface area contributed by atoms with E-state index in [1.807, 2.05) is 32.0 Å². The van der Waals surface area contributed by atoms with Crippen LogP contribution < -0.4 is 5.43 Å². The van der Waals surface area contributed by atoms with Crippen LogP contribution in [0.2, 0.25) is 0 Å². The van der Waals surface area contributed by atoms with Crippen LogP contribution in [0.25, 0.3) is 0 Å². The minimum atomic E-state index is -0.437. The van der Waals surface area contributed by atoms with Crippen LogP contribution in [0.3, 0.4) is 0 Å². The highest BCUT2D eigenvalue weighted by molar-refractivity contribution is 5.82. The Balaban J connectivity index is 1.77. The van der Waals surface area contributed by atoms with Crippen LogP contribution in [-0.2, 0) is 6.54 Å². The SMILES string of the molecule is Cc1cc(/C=N\Nc2ccccc2[N+](=O)[O-])c(C)n1Cc1ccco1. The summed E-state index contributed by atoms with van der Waals surface area (Å²) in [6, 6.07) is 12.2. The minimum absolute atomic E-state index is 0.0112. The Kier molecular flexibility index (Phi) is 4.65. The van der Waals surface area contributed by atoms with E-state index in [0.717, 1.165) is 22.7 Å². The molecule has 3 aromatic rings. The third kappa shape index (κ3) is 3.60. The van der Waals surface area contributed by atoms with Crippen LogP contribution in [0.5, 0.6) is 0 Å². The van der Waals surface area contributed by atoms with Gasteiger partial charge in [0, 0.05) is 23.0 Å². The molecule has 0 fully saturated rings. The summed E-state index contributed by atoms with van der Waals surface area (Å²) >= 11 is 0. The molecule has 0 aliphatic heterocycles. The smallest absolute Gasteiger partial charge is 0.294 e. The summed E-state index contributed by atoms with van der Waals surface area (Å²) in [5.74, 6) is 0.878. The first-order valence-electron chi connectivity index (χ1n) is 7.78. The summed E-state index contributed by atoms with van der Waals surface area (Å²) in [7, 11) is 0. The lowest BCUT2D eigenvalue weighted by molar-refractivity contribution is -0.384. The van der Waals surface area contributed by atoms with E-state index in [4.69, 9.17) is 4.42 Å². The van der Waals surface area contributed by atoms with E-state index in [1.165, 1.54) is 6.07 Å². The Morgan fingerprint density at radius 1 is 1.28 bits per heavy atom. The first kappa shape index (κ1) is 16.5. The van der Waals surface area contributed by atoms with Gasteiger partial charge in [-0.25, -0.2) is 0 Å². The zero-order valence-corrected chi connectivity index (χ0v) is 14.0. The maximum absolute atomic E-state index is 11.0. The molecule has 128 valence electrons. The molecule has 2 aromatic heterocycles. The molecular formula is C18H18N4O3. The molecule has 0 amide bonds. The first-order chi connectivity index (χ1) is 12.1. The van der Waals surface area contributed by atoms with Crippen molar-refractivity contribution in [1.29, 1.82) is 0 Å². The van der Waals surface area contributed by atoms with E-state index in [-0.39, 0.29) is 5.69 Å². The largest absolute Gasteiger partial charge is 0.467 e. The zero-order valence-electron chi connectivity index (χ0n) is 14.0. The van der Waals surface area contributed by atoms with Crippen LogP contribution in [-0.4, -0.2) is 15.7 Å². The van der Waals surface area contributed by atoms with Crippen molar-refractivity contribution in [3.63, 3.8) is 0 Å². The molecule has 2 heterocycles. The van der Waals surface area contributed by atoms with Gasteiger partial charge in [-0.1, -0.05) is 12.1 Å². The van der Waals surface area contributed by atoms with Crippen molar-refractivity contribution < 1.29 is 9.34 Å².